The van der Waals surface area contributed by atoms with Gasteiger partial charge in [0.2, 0.25) is 0 Å². The average molecular weight is 350 g/mol. The third kappa shape index (κ3) is 3.35. The Kier molecular flexibility index (Phi) is 4.84. The Morgan fingerprint density at radius 1 is 1.12 bits per heavy atom. The van der Waals surface area contributed by atoms with E-state index in [1.54, 1.807) is 0 Å². The molecule has 0 saturated carbocycles. The summed E-state index contributed by atoms with van der Waals surface area (Å²) in [5, 5.41) is 16.2. The summed E-state index contributed by atoms with van der Waals surface area (Å²) in [7, 11) is 1.35. The lowest BCUT2D eigenvalue weighted by Gasteiger charge is -2.17. The Bertz CT molecular complexity index is 979. The van der Waals surface area contributed by atoms with Crippen molar-refractivity contribution in [3.8, 4) is 5.75 Å². The molecular weight excluding hydrogens is 332 g/mol. The number of benzene rings is 3. The van der Waals surface area contributed by atoms with E-state index in [-0.39, 0.29) is 28.9 Å². The van der Waals surface area contributed by atoms with Gasteiger partial charge in [0, 0.05) is 11.6 Å². The first-order chi connectivity index (χ1) is 12.5. The summed E-state index contributed by atoms with van der Waals surface area (Å²) in [4.78, 5) is 23.1. The molecule has 1 unspecified atom stereocenters. The Morgan fingerprint density at radius 3 is 2.58 bits per heavy atom. The van der Waals surface area contributed by atoms with Crippen LogP contribution in [0.4, 0.5) is 5.69 Å². The molecule has 0 heterocycles. The van der Waals surface area contributed by atoms with E-state index >= 15 is 0 Å². The van der Waals surface area contributed by atoms with Gasteiger partial charge in [0.05, 0.1) is 18.1 Å². The zero-order valence-corrected chi connectivity index (χ0v) is 14.4. The molecule has 6 nitrogen and oxygen atoms in total. The second-order valence-corrected chi connectivity index (χ2v) is 5.91. The Morgan fingerprint density at radius 2 is 1.85 bits per heavy atom. The maximum absolute atomic E-state index is 12.6. The molecule has 3 aromatic carbocycles. The highest BCUT2D eigenvalue weighted by Crippen LogP contribution is 2.28. The predicted octanol–water partition coefficient (Wildman–Crippen LogP) is 4.25. The van der Waals surface area contributed by atoms with Gasteiger partial charge in [-0.25, -0.2) is 0 Å². The summed E-state index contributed by atoms with van der Waals surface area (Å²) in [6, 6.07) is 17.8. The molecule has 1 N–H and O–H groups in total. The van der Waals surface area contributed by atoms with Gasteiger partial charge in [-0.15, -0.1) is 0 Å². The van der Waals surface area contributed by atoms with Crippen molar-refractivity contribution in [3.63, 3.8) is 0 Å². The van der Waals surface area contributed by atoms with E-state index in [1.807, 2.05) is 49.4 Å². The molecule has 0 saturated heterocycles. The van der Waals surface area contributed by atoms with Crippen molar-refractivity contribution >= 4 is 22.4 Å². The number of carbonyl (C=O) groups is 1. The van der Waals surface area contributed by atoms with E-state index in [0.29, 0.717) is 0 Å². The highest BCUT2D eigenvalue weighted by Gasteiger charge is 2.19. The molecular formula is C20H18N2O4. The Hall–Kier alpha value is -3.41. The minimum Gasteiger partial charge on any atom is -0.490 e. The number of ether oxygens (including phenoxy) is 1. The van der Waals surface area contributed by atoms with Gasteiger partial charge in [-0.05, 0) is 35.4 Å². The molecule has 26 heavy (non-hydrogen) atoms. The average Bonchev–Trinajstić information content (AvgIpc) is 2.66. The molecule has 0 fully saturated rings. The topological polar surface area (TPSA) is 81.5 Å². The normalized spacial score (nSPS) is 11.8. The van der Waals surface area contributed by atoms with Crippen LogP contribution < -0.4 is 10.1 Å². The van der Waals surface area contributed by atoms with E-state index in [0.717, 1.165) is 16.3 Å². The molecule has 3 aromatic rings. The van der Waals surface area contributed by atoms with Crippen molar-refractivity contribution in [2.75, 3.05) is 7.11 Å². The number of rotatable bonds is 5. The maximum atomic E-state index is 12.6. The van der Waals surface area contributed by atoms with Gasteiger partial charge >= 0.3 is 5.69 Å². The summed E-state index contributed by atoms with van der Waals surface area (Å²) >= 11 is 0. The van der Waals surface area contributed by atoms with Gasteiger partial charge in [0.25, 0.3) is 5.91 Å². The molecule has 0 aliphatic carbocycles. The molecule has 0 aliphatic heterocycles. The van der Waals surface area contributed by atoms with Crippen molar-refractivity contribution in [3.05, 3.63) is 81.9 Å². The fraction of sp³-hybridized carbons (Fsp3) is 0.150. The molecule has 0 aromatic heterocycles. The van der Waals surface area contributed by atoms with Crippen LogP contribution in [0, 0.1) is 10.1 Å². The predicted molar refractivity (Wildman–Crippen MR) is 99.5 cm³/mol. The summed E-state index contributed by atoms with van der Waals surface area (Å²) < 4.78 is 4.97. The molecule has 3 rings (SSSR count). The van der Waals surface area contributed by atoms with Crippen LogP contribution in [0.15, 0.2) is 60.7 Å². The minimum atomic E-state index is -0.566. The van der Waals surface area contributed by atoms with Crippen LogP contribution in [0.1, 0.15) is 28.9 Å². The second-order valence-electron chi connectivity index (χ2n) is 5.91. The molecule has 1 atom stereocenters. The number of carbonyl (C=O) groups excluding carboxylic acids is 1. The molecule has 0 aliphatic rings. The monoisotopic (exact) mass is 350 g/mol. The van der Waals surface area contributed by atoms with Gasteiger partial charge in [-0.1, -0.05) is 42.5 Å². The van der Waals surface area contributed by atoms with Crippen molar-refractivity contribution < 1.29 is 14.5 Å². The molecule has 0 bridgehead atoms. The summed E-state index contributed by atoms with van der Waals surface area (Å²) in [6.45, 7) is 1.89. The molecule has 0 radical (unpaired) electrons. The third-order valence-corrected chi connectivity index (χ3v) is 4.28. The smallest absolute Gasteiger partial charge is 0.311 e. The quantitative estimate of drug-likeness (QED) is 0.551. The lowest BCUT2D eigenvalue weighted by atomic mass is 9.99. The Balaban J connectivity index is 1.87. The van der Waals surface area contributed by atoms with Crippen molar-refractivity contribution in [2.45, 2.75) is 13.0 Å². The molecule has 0 spiro atoms. The lowest BCUT2D eigenvalue weighted by Crippen LogP contribution is -2.26. The number of methoxy groups -OCH3 is 1. The maximum Gasteiger partial charge on any atom is 0.311 e. The zero-order chi connectivity index (χ0) is 18.7. The van der Waals surface area contributed by atoms with Crippen molar-refractivity contribution in [1.82, 2.24) is 5.32 Å². The highest BCUT2D eigenvalue weighted by molar-refractivity contribution is 5.96. The van der Waals surface area contributed by atoms with E-state index in [2.05, 4.69) is 5.32 Å². The van der Waals surface area contributed by atoms with Crippen LogP contribution in [0.5, 0.6) is 5.75 Å². The number of nitro benzene ring substituents is 1. The van der Waals surface area contributed by atoms with E-state index in [9.17, 15) is 14.9 Å². The van der Waals surface area contributed by atoms with Crippen LogP contribution in [0.3, 0.4) is 0 Å². The van der Waals surface area contributed by atoms with Crippen LogP contribution in [0.25, 0.3) is 10.8 Å². The van der Waals surface area contributed by atoms with Gasteiger partial charge in [0.1, 0.15) is 0 Å². The minimum absolute atomic E-state index is 0.119. The summed E-state index contributed by atoms with van der Waals surface area (Å²) in [5.41, 5.74) is 0.960. The van der Waals surface area contributed by atoms with Crippen LogP contribution >= 0.6 is 0 Å². The van der Waals surface area contributed by atoms with Crippen LogP contribution in [-0.4, -0.2) is 17.9 Å². The standard InChI is InChI=1S/C20H18N2O4/c1-13(16-9-5-7-14-6-3-4-8-17(14)16)21-20(23)15-10-11-19(26-2)18(12-15)22(24)25/h3-13H,1-2H3,(H,21,23). The van der Waals surface area contributed by atoms with Crippen molar-refractivity contribution in [1.29, 1.82) is 0 Å². The lowest BCUT2D eigenvalue weighted by molar-refractivity contribution is -0.385. The molecule has 132 valence electrons. The van der Waals surface area contributed by atoms with Gasteiger partial charge < -0.3 is 10.1 Å². The number of hydrogen-bond donors (Lipinski definition) is 1. The number of hydrogen-bond acceptors (Lipinski definition) is 4. The van der Waals surface area contributed by atoms with E-state index in [4.69, 9.17) is 4.74 Å². The first-order valence-electron chi connectivity index (χ1n) is 8.12. The molecule has 6 heteroatoms. The fourth-order valence-electron chi connectivity index (χ4n) is 2.96. The fourth-order valence-corrected chi connectivity index (χ4v) is 2.96. The van der Waals surface area contributed by atoms with Gasteiger partial charge in [-0.2, -0.15) is 0 Å². The van der Waals surface area contributed by atoms with Gasteiger partial charge in [0.15, 0.2) is 5.75 Å². The summed E-state index contributed by atoms with van der Waals surface area (Å²) in [6.07, 6.45) is 0. The zero-order valence-electron chi connectivity index (χ0n) is 14.4. The number of fused-ring (bicyclic) bond motifs is 1. The first-order valence-corrected chi connectivity index (χ1v) is 8.12. The van der Waals surface area contributed by atoms with E-state index < -0.39 is 4.92 Å². The number of amides is 1. The second kappa shape index (κ2) is 7.23. The van der Waals surface area contributed by atoms with Gasteiger partial charge in [-0.3, -0.25) is 14.9 Å². The number of nitrogens with one attached hydrogen (secondary N) is 1. The number of nitrogens with zero attached hydrogens (tertiary/aromatic N) is 1. The largest absolute Gasteiger partial charge is 0.490 e. The first kappa shape index (κ1) is 17.4. The summed E-state index contributed by atoms with van der Waals surface area (Å²) in [5.74, 6) is -0.259. The van der Waals surface area contributed by atoms with Crippen LogP contribution in [0.2, 0.25) is 0 Å². The SMILES string of the molecule is COc1ccc(C(=O)NC(C)c2cccc3ccccc23)cc1[N+](=O)[O-]. The third-order valence-electron chi connectivity index (χ3n) is 4.28. The number of nitro groups is 1. The molecule has 1 amide bonds. The van der Waals surface area contributed by atoms with Crippen molar-refractivity contribution in [2.24, 2.45) is 0 Å². The van der Waals surface area contributed by atoms with E-state index in [1.165, 1.54) is 25.3 Å². The highest BCUT2D eigenvalue weighted by atomic mass is 16.6. The Labute approximate surface area is 150 Å². The van der Waals surface area contributed by atoms with Crippen LogP contribution in [-0.2, 0) is 0 Å².